The third kappa shape index (κ3) is 2.18. The Morgan fingerprint density at radius 2 is 1.84 bits per heavy atom. The van der Waals surface area contributed by atoms with Gasteiger partial charge in [0.05, 0.1) is 0 Å². The van der Waals surface area contributed by atoms with Crippen molar-refractivity contribution >= 4 is 10.8 Å². The zero-order valence-electron chi connectivity index (χ0n) is 10.5. The molecule has 0 amide bonds. The Labute approximate surface area is 110 Å². The molecule has 3 aromatic rings. The molecule has 0 aliphatic heterocycles. The van der Waals surface area contributed by atoms with Gasteiger partial charge in [-0.1, -0.05) is 18.2 Å². The van der Waals surface area contributed by atoms with Crippen LogP contribution in [0.15, 0.2) is 49.1 Å². The zero-order chi connectivity index (χ0) is 13.2. The maximum absolute atomic E-state index is 10.4. The van der Waals surface area contributed by atoms with Gasteiger partial charge in [-0.3, -0.25) is 4.98 Å². The number of hydrogen-bond acceptors (Lipinski definition) is 4. The number of aliphatic hydroxyl groups is 1. The SMILES string of the molecule is Cc1cnc(C(O)c2cccc3ccncc23)nc1. The molecule has 1 N–H and O–H groups in total. The minimum Gasteiger partial charge on any atom is -0.380 e. The summed E-state index contributed by atoms with van der Waals surface area (Å²) >= 11 is 0. The van der Waals surface area contributed by atoms with Crippen LogP contribution in [0.5, 0.6) is 0 Å². The Balaban J connectivity index is 2.11. The molecule has 0 radical (unpaired) electrons. The molecule has 1 aromatic carbocycles. The molecule has 0 saturated carbocycles. The average molecular weight is 251 g/mol. The summed E-state index contributed by atoms with van der Waals surface area (Å²) in [7, 11) is 0. The topological polar surface area (TPSA) is 58.9 Å². The van der Waals surface area contributed by atoms with Crippen LogP contribution >= 0.6 is 0 Å². The molecule has 1 atom stereocenters. The molecule has 0 spiro atoms. The molecule has 0 aliphatic carbocycles. The average Bonchev–Trinajstić information content (AvgIpc) is 2.47. The van der Waals surface area contributed by atoms with Gasteiger partial charge in [0, 0.05) is 30.2 Å². The maximum Gasteiger partial charge on any atom is 0.161 e. The second-order valence-corrected chi connectivity index (χ2v) is 4.47. The number of fused-ring (bicyclic) bond motifs is 1. The Morgan fingerprint density at radius 1 is 1.05 bits per heavy atom. The molecule has 0 aliphatic rings. The van der Waals surface area contributed by atoms with Crippen LogP contribution in [0.2, 0.25) is 0 Å². The van der Waals surface area contributed by atoms with Gasteiger partial charge in [0.1, 0.15) is 6.10 Å². The highest BCUT2D eigenvalue weighted by atomic mass is 16.3. The quantitative estimate of drug-likeness (QED) is 0.760. The van der Waals surface area contributed by atoms with E-state index in [2.05, 4.69) is 15.0 Å². The number of benzene rings is 1. The predicted octanol–water partition coefficient (Wildman–Crippen LogP) is 2.41. The van der Waals surface area contributed by atoms with Gasteiger partial charge in [-0.2, -0.15) is 0 Å². The summed E-state index contributed by atoms with van der Waals surface area (Å²) in [6.07, 6.45) is 6.06. The molecular formula is C15H13N3O. The van der Waals surface area contributed by atoms with Gasteiger partial charge in [0.2, 0.25) is 0 Å². The standard InChI is InChI=1S/C15H13N3O/c1-10-7-17-15(18-8-10)14(19)12-4-2-3-11-5-6-16-9-13(11)12/h2-9,14,19H,1H3. The molecule has 3 rings (SSSR count). The van der Waals surface area contributed by atoms with Crippen molar-refractivity contribution in [1.82, 2.24) is 15.0 Å². The number of nitrogens with zero attached hydrogens (tertiary/aromatic N) is 3. The van der Waals surface area contributed by atoms with E-state index in [1.54, 1.807) is 24.8 Å². The molecule has 2 aromatic heterocycles. The number of aliphatic hydroxyl groups excluding tert-OH is 1. The van der Waals surface area contributed by atoms with Crippen molar-refractivity contribution in [2.45, 2.75) is 13.0 Å². The summed E-state index contributed by atoms with van der Waals surface area (Å²) < 4.78 is 0. The van der Waals surface area contributed by atoms with Gasteiger partial charge < -0.3 is 5.11 Å². The van der Waals surface area contributed by atoms with Crippen LogP contribution in [0.3, 0.4) is 0 Å². The Kier molecular flexibility index (Phi) is 2.93. The highest BCUT2D eigenvalue weighted by Crippen LogP contribution is 2.26. The van der Waals surface area contributed by atoms with E-state index < -0.39 is 6.10 Å². The molecule has 4 heteroatoms. The molecule has 0 saturated heterocycles. The van der Waals surface area contributed by atoms with Gasteiger partial charge >= 0.3 is 0 Å². The first-order valence-electron chi connectivity index (χ1n) is 6.05. The van der Waals surface area contributed by atoms with E-state index in [1.165, 1.54) is 0 Å². The van der Waals surface area contributed by atoms with Crippen LogP contribution in [0, 0.1) is 6.92 Å². The fourth-order valence-electron chi connectivity index (χ4n) is 2.06. The van der Waals surface area contributed by atoms with E-state index >= 15 is 0 Å². The third-order valence-corrected chi connectivity index (χ3v) is 3.06. The molecule has 94 valence electrons. The first-order chi connectivity index (χ1) is 9.25. The van der Waals surface area contributed by atoms with E-state index in [1.807, 2.05) is 31.2 Å². The Morgan fingerprint density at radius 3 is 2.63 bits per heavy atom. The number of rotatable bonds is 2. The van der Waals surface area contributed by atoms with Crippen LogP contribution in [0.25, 0.3) is 10.8 Å². The fourth-order valence-corrected chi connectivity index (χ4v) is 2.06. The van der Waals surface area contributed by atoms with Crippen molar-refractivity contribution in [1.29, 1.82) is 0 Å². The summed E-state index contributed by atoms with van der Waals surface area (Å²) in [6.45, 7) is 1.91. The second kappa shape index (κ2) is 4.74. The van der Waals surface area contributed by atoms with Crippen molar-refractivity contribution in [2.24, 2.45) is 0 Å². The summed E-state index contributed by atoms with van der Waals surface area (Å²) in [4.78, 5) is 12.5. The first kappa shape index (κ1) is 11.7. The predicted molar refractivity (Wildman–Crippen MR) is 72.6 cm³/mol. The summed E-state index contributed by atoms with van der Waals surface area (Å²) in [6, 6.07) is 7.69. The molecular weight excluding hydrogens is 238 g/mol. The number of pyridine rings is 1. The summed E-state index contributed by atoms with van der Waals surface area (Å²) in [5, 5.41) is 12.4. The lowest BCUT2D eigenvalue weighted by atomic mass is 10.0. The lowest BCUT2D eigenvalue weighted by molar-refractivity contribution is 0.211. The highest BCUT2D eigenvalue weighted by Gasteiger charge is 2.15. The lowest BCUT2D eigenvalue weighted by Crippen LogP contribution is -2.05. The molecule has 1 unspecified atom stereocenters. The largest absolute Gasteiger partial charge is 0.380 e. The molecule has 19 heavy (non-hydrogen) atoms. The molecule has 0 bridgehead atoms. The van der Waals surface area contributed by atoms with E-state index in [0.29, 0.717) is 5.82 Å². The minimum absolute atomic E-state index is 0.405. The van der Waals surface area contributed by atoms with Crippen LogP contribution in [0.4, 0.5) is 0 Å². The van der Waals surface area contributed by atoms with Crippen molar-refractivity contribution in [2.75, 3.05) is 0 Å². The summed E-state index contributed by atoms with van der Waals surface area (Å²) in [5.74, 6) is 0.405. The van der Waals surface area contributed by atoms with Crippen LogP contribution < -0.4 is 0 Å². The monoisotopic (exact) mass is 251 g/mol. The van der Waals surface area contributed by atoms with Crippen LogP contribution in [-0.2, 0) is 0 Å². The molecule has 2 heterocycles. The van der Waals surface area contributed by atoms with Gasteiger partial charge in [-0.05, 0) is 29.5 Å². The first-order valence-corrected chi connectivity index (χ1v) is 6.05. The normalized spacial score (nSPS) is 12.5. The summed E-state index contributed by atoms with van der Waals surface area (Å²) in [5.41, 5.74) is 1.74. The smallest absolute Gasteiger partial charge is 0.161 e. The third-order valence-electron chi connectivity index (χ3n) is 3.06. The zero-order valence-corrected chi connectivity index (χ0v) is 10.5. The van der Waals surface area contributed by atoms with E-state index in [4.69, 9.17) is 0 Å². The number of aryl methyl sites for hydroxylation is 1. The highest BCUT2D eigenvalue weighted by molar-refractivity contribution is 5.85. The van der Waals surface area contributed by atoms with Crippen LogP contribution in [0.1, 0.15) is 23.1 Å². The molecule has 4 nitrogen and oxygen atoms in total. The maximum atomic E-state index is 10.4. The van der Waals surface area contributed by atoms with Gasteiger partial charge in [0.15, 0.2) is 5.82 Å². The van der Waals surface area contributed by atoms with Crippen molar-refractivity contribution < 1.29 is 5.11 Å². The van der Waals surface area contributed by atoms with Crippen LogP contribution in [-0.4, -0.2) is 20.1 Å². The minimum atomic E-state index is -0.839. The van der Waals surface area contributed by atoms with Gasteiger partial charge in [-0.15, -0.1) is 0 Å². The molecule has 0 fully saturated rings. The Bertz CT molecular complexity index is 705. The lowest BCUT2D eigenvalue weighted by Gasteiger charge is -2.12. The van der Waals surface area contributed by atoms with E-state index in [0.717, 1.165) is 21.9 Å². The van der Waals surface area contributed by atoms with Gasteiger partial charge in [0.25, 0.3) is 0 Å². The number of aromatic nitrogens is 3. The second-order valence-electron chi connectivity index (χ2n) is 4.47. The number of hydrogen-bond donors (Lipinski definition) is 1. The van der Waals surface area contributed by atoms with E-state index in [-0.39, 0.29) is 0 Å². The van der Waals surface area contributed by atoms with E-state index in [9.17, 15) is 5.11 Å². The fraction of sp³-hybridized carbons (Fsp3) is 0.133. The van der Waals surface area contributed by atoms with Crippen molar-refractivity contribution in [3.8, 4) is 0 Å². The Hall–Kier alpha value is -2.33. The van der Waals surface area contributed by atoms with Crippen molar-refractivity contribution in [3.05, 3.63) is 66.0 Å². The van der Waals surface area contributed by atoms with Crippen molar-refractivity contribution in [3.63, 3.8) is 0 Å². The van der Waals surface area contributed by atoms with Gasteiger partial charge in [-0.25, -0.2) is 9.97 Å².